The molecular weight excluding hydrogens is 248 g/mol. The van der Waals surface area contributed by atoms with Crippen LogP contribution in [0.3, 0.4) is 0 Å². The molecule has 0 N–H and O–H groups in total. The first-order valence-corrected chi connectivity index (χ1v) is 6.24. The Morgan fingerprint density at radius 2 is 1.72 bits per heavy atom. The van der Waals surface area contributed by atoms with Crippen molar-refractivity contribution in [1.82, 2.24) is 0 Å². The summed E-state index contributed by atoms with van der Waals surface area (Å²) in [6.07, 6.45) is 0. The average Bonchev–Trinajstić information content (AvgIpc) is 2.41. The van der Waals surface area contributed by atoms with Crippen molar-refractivity contribution < 1.29 is 9.47 Å². The Hall–Kier alpha value is -1.67. The number of alkyl halides is 1. The van der Waals surface area contributed by atoms with Gasteiger partial charge in [-0.2, -0.15) is 0 Å². The molecule has 2 nitrogen and oxygen atoms in total. The Morgan fingerprint density at radius 3 is 2.33 bits per heavy atom. The summed E-state index contributed by atoms with van der Waals surface area (Å²) < 4.78 is 11.1. The van der Waals surface area contributed by atoms with Gasteiger partial charge in [0.2, 0.25) is 0 Å². The van der Waals surface area contributed by atoms with Gasteiger partial charge in [0.05, 0.1) is 7.11 Å². The maximum Gasteiger partial charge on any atom is 0.169 e. The van der Waals surface area contributed by atoms with Crippen LogP contribution in [0.4, 0.5) is 0 Å². The molecule has 2 aromatic carbocycles. The Labute approximate surface area is 112 Å². The van der Waals surface area contributed by atoms with E-state index in [0.29, 0.717) is 11.6 Å². The SMILES string of the molecule is COc1cc(C)ccc1Oc1ccc(CCl)cc1. The molecule has 0 saturated carbocycles. The number of methoxy groups -OCH3 is 1. The van der Waals surface area contributed by atoms with E-state index in [0.717, 1.165) is 22.6 Å². The molecule has 0 aromatic heterocycles. The molecular formula is C15H15ClO2. The highest BCUT2D eigenvalue weighted by Crippen LogP contribution is 2.32. The molecule has 0 atom stereocenters. The van der Waals surface area contributed by atoms with E-state index in [1.54, 1.807) is 7.11 Å². The van der Waals surface area contributed by atoms with Crippen LogP contribution in [-0.4, -0.2) is 7.11 Å². The second kappa shape index (κ2) is 5.78. The van der Waals surface area contributed by atoms with Crippen LogP contribution in [0, 0.1) is 6.92 Å². The third-order valence-electron chi connectivity index (χ3n) is 2.62. The van der Waals surface area contributed by atoms with E-state index in [1.807, 2.05) is 49.4 Å². The standard InChI is InChI=1S/C15H15ClO2/c1-11-3-8-14(15(9-11)17-2)18-13-6-4-12(10-16)5-7-13/h3-9H,10H2,1-2H3. The van der Waals surface area contributed by atoms with Crippen LogP contribution in [0.15, 0.2) is 42.5 Å². The van der Waals surface area contributed by atoms with Crippen molar-refractivity contribution in [2.75, 3.05) is 7.11 Å². The fourth-order valence-electron chi connectivity index (χ4n) is 1.63. The minimum absolute atomic E-state index is 0.508. The van der Waals surface area contributed by atoms with E-state index in [2.05, 4.69) is 0 Å². The molecule has 2 aromatic rings. The zero-order valence-electron chi connectivity index (χ0n) is 10.4. The molecule has 18 heavy (non-hydrogen) atoms. The third-order valence-corrected chi connectivity index (χ3v) is 2.93. The van der Waals surface area contributed by atoms with E-state index in [1.165, 1.54) is 0 Å². The molecule has 0 saturated heterocycles. The zero-order valence-corrected chi connectivity index (χ0v) is 11.2. The van der Waals surface area contributed by atoms with Gasteiger partial charge in [-0.05, 0) is 42.3 Å². The minimum atomic E-state index is 0.508. The fourth-order valence-corrected chi connectivity index (χ4v) is 1.81. The molecule has 0 aliphatic heterocycles. The largest absolute Gasteiger partial charge is 0.493 e. The highest BCUT2D eigenvalue weighted by Gasteiger charge is 2.05. The van der Waals surface area contributed by atoms with Gasteiger partial charge < -0.3 is 9.47 Å². The number of aryl methyl sites for hydroxylation is 1. The number of rotatable bonds is 4. The lowest BCUT2D eigenvalue weighted by Crippen LogP contribution is -1.91. The number of benzene rings is 2. The van der Waals surface area contributed by atoms with Crippen molar-refractivity contribution in [2.24, 2.45) is 0 Å². The quantitative estimate of drug-likeness (QED) is 0.754. The van der Waals surface area contributed by atoms with E-state index in [4.69, 9.17) is 21.1 Å². The first kappa shape index (κ1) is 12.8. The summed E-state index contributed by atoms with van der Waals surface area (Å²) >= 11 is 5.74. The summed E-state index contributed by atoms with van der Waals surface area (Å²) in [5.41, 5.74) is 2.21. The lowest BCUT2D eigenvalue weighted by molar-refractivity contribution is 0.378. The monoisotopic (exact) mass is 262 g/mol. The van der Waals surface area contributed by atoms with Gasteiger partial charge in [0, 0.05) is 5.88 Å². The van der Waals surface area contributed by atoms with Gasteiger partial charge in [-0.15, -0.1) is 11.6 Å². The van der Waals surface area contributed by atoms with Crippen LogP contribution in [-0.2, 0) is 5.88 Å². The zero-order chi connectivity index (χ0) is 13.0. The lowest BCUT2D eigenvalue weighted by atomic mass is 10.2. The molecule has 3 heteroatoms. The highest BCUT2D eigenvalue weighted by atomic mass is 35.5. The maximum atomic E-state index is 5.79. The van der Waals surface area contributed by atoms with Crippen LogP contribution >= 0.6 is 11.6 Å². The first-order chi connectivity index (χ1) is 8.72. The predicted molar refractivity (Wildman–Crippen MR) is 73.8 cm³/mol. The summed E-state index contributed by atoms with van der Waals surface area (Å²) in [5.74, 6) is 2.72. The first-order valence-electron chi connectivity index (χ1n) is 5.70. The lowest BCUT2D eigenvalue weighted by Gasteiger charge is -2.11. The Morgan fingerprint density at radius 1 is 1.00 bits per heavy atom. The summed E-state index contributed by atoms with van der Waals surface area (Å²) in [7, 11) is 1.64. The van der Waals surface area contributed by atoms with Crippen molar-refractivity contribution in [3.8, 4) is 17.2 Å². The van der Waals surface area contributed by atoms with E-state index < -0.39 is 0 Å². The van der Waals surface area contributed by atoms with Crippen LogP contribution < -0.4 is 9.47 Å². The van der Waals surface area contributed by atoms with Crippen LogP contribution in [0.2, 0.25) is 0 Å². The highest BCUT2D eigenvalue weighted by molar-refractivity contribution is 6.17. The molecule has 0 spiro atoms. The molecule has 2 rings (SSSR count). The predicted octanol–water partition coefficient (Wildman–Crippen LogP) is 4.53. The topological polar surface area (TPSA) is 18.5 Å². The summed E-state index contributed by atoms with van der Waals surface area (Å²) in [5, 5.41) is 0. The smallest absolute Gasteiger partial charge is 0.169 e. The van der Waals surface area contributed by atoms with Crippen LogP contribution in [0.5, 0.6) is 17.2 Å². The third kappa shape index (κ3) is 2.96. The minimum Gasteiger partial charge on any atom is -0.493 e. The normalized spacial score (nSPS) is 10.2. The van der Waals surface area contributed by atoms with E-state index >= 15 is 0 Å². The summed E-state index contributed by atoms with van der Waals surface area (Å²) in [4.78, 5) is 0. The number of hydrogen-bond acceptors (Lipinski definition) is 2. The molecule has 0 aliphatic rings. The summed E-state index contributed by atoms with van der Waals surface area (Å²) in [6, 6.07) is 13.5. The van der Waals surface area contributed by atoms with Gasteiger partial charge in [0.25, 0.3) is 0 Å². The van der Waals surface area contributed by atoms with Crippen LogP contribution in [0.1, 0.15) is 11.1 Å². The number of hydrogen-bond donors (Lipinski definition) is 0. The molecule has 0 aliphatic carbocycles. The van der Waals surface area contributed by atoms with Gasteiger partial charge in [0.15, 0.2) is 11.5 Å². The molecule has 0 amide bonds. The average molecular weight is 263 g/mol. The summed E-state index contributed by atoms with van der Waals surface area (Å²) in [6.45, 7) is 2.02. The Kier molecular flexibility index (Phi) is 4.11. The molecule has 0 bridgehead atoms. The van der Waals surface area contributed by atoms with Gasteiger partial charge in [-0.1, -0.05) is 18.2 Å². The number of halogens is 1. The van der Waals surface area contributed by atoms with Gasteiger partial charge in [0.1, 0.15) is 5.75 Å². The Balaban J connectivity index is 2.22. The molecule has 0 fully saturated rings. The van der Waals surface area contributed by atoms with Crippen LogP contribution in [0.25, 0.3) is 0 Å². The van der Waals surface area contributed by atoms with Crippen molar-refractivity contribution in [1.29, 1.82) is 0 Å². The number of ether oxygens (including phenoxy) is 2. The van der Waals surface area contributed by atoms with E-state index in [9.17, 15) is 0 Å². The molecule has 94 valence electrons. The second-order valence-electron chi connectivity index (χ2n) is 4.03. The van der Waals surface area contributed by atoms with Gasteiger partial charge in [-0.3, -0.25) is 0 Å². The van der Waals surface area contributed by atoms with Gasteiger partial charge in [-0.25, -0.2) is 0 Å². The Bertz CT molecular complexity index is 521. The molecule has 0 unspecified atom stereocenters. The molecule has 0 radical (unpaired) electrons. The van der Waals surface area contributed by atoms with Crippen molar-refractivity contribution in [3.05, 3.63) is 53.6 Å². The van der Waals surface area contributed by atoms with Crippen molar-refractivity contribution >= 4 is 11.6 Å². The van der Waals surface area contributed by atoms with Gasteiger partial charge >= 0.3 is 0 Å². The maximum absolute atomic E-state index is 5.79. The van der Waals surface area contributed by atoms with E-state index in [-0.39, 0.29) is 0 Å². The van der Waals surface area contributed by atoms with Crippen molar-refractivity contribution in [2.45, 2.75) is 12.8 Å². The van der Waals surface area contributed by atoms with Crippen molar-refractivity contribution in [3.63, 3.8) is 0 Å². The fraction of sp³-hybridized carbons (Fsp3) is 0.200. The second-order valence-corrected chi connectivity index (χ2v) is 4.30. The molecule has 0 heterocycles.